The molecule has 0 bridgehead atoms. The number of rotatable bonds is 7. The first-order valence-electron chi connectivity index (χ1n) is 12.0. The molecule has 0 saturated heterocycles. The number of carboxylic acids is 1. The van der Waals surface area contributed by atoms with Gasteiger partial charge in [-0.2, -0.15) is 13.2 Å². The van der Waals surface area contributed by atoms with Crippen LogP contribution in [0.15, 0.2) is 91.1 Å². The molecule has 3 aromatic carbocycles. The number of hydrogen-bond donors (Lipinski definition) is 3. The number of halogens is 3. The number of nitrogens with zero attached hydrogens (tertiary/aromatic N) is 2. The van der Waals surface area contributed by atoms with Crippen molar-refractivity contribution in [1.82, 2.24) is 19.9 Å². The number of para-hydroxylation sites is 2. The maximum Gasteiger partial charge on any atom is 0.490 e. The summed E-state index contributed by atoms with van der Waals surface area (Å²) in [6, 6.07) is 29.8. The third-order valence-corrected chi connectivity index (χ3v) is 5.99. The van der Waals surface area contributed by atoms with Crippen LogP contribution in [0.1, 0.15) is 11.3 Å². The average Bonchev–Trinajstić information content (AvgIpc) is 3.53. The van der Waals surface area contributed by atoms with E-state index in [1.807, 2.05) is 18.2 Å². The molecule has 5 aromatic rings. The smallest absolute Gasteiger partial charge is 0.475 e. The molecule has 0 radical (unpaired) electrons. The number of benzene rings is 3. The highest BCUT2D eigenvalue weighted by Crippen LogP contribution is 2.26. The first-order valence-corrected chi connectivity index (χ1v) is 12.0. The van der Waals surface area contributed by atoms with E-state index in [2.05, 4.69) is 94.8 Å². The normalized spacial score (nSPS) is 11.3. The van der Waals surface area contributed by atoms with Crippen molar-refractivity contribution >= 4 is 17.0 Å². The number of H-pyrrole nitrogens is 1. The van der Waals surface area contributed by atoms with Crippen LogP contribution < -0.4 is 5.32 Å². The number of nitrogens with one attached hydrogen (secondary N) is 2. The zero-order chi connectivity index (χ0) is 27.1. The first-order chi connectivity index (χ1) is 18.2. The Hall–Kier alpha value is -4.37. The van der Waals surface area contributed by atoms with Gasteiger partial charge in [0, 0.05) is 44.0 Å². The summed E-state index contributed by atoms with van der Waals surface area (Å²) in [5, 5.41) is 10.7. The summed E-state index contributed by atoms with van der Waals surface area (Å²) < 4.78 is 33.9. The molecule has 0 amide bonds. The zero-order valence-corrected chi connectivity index (χ0v) is 20.7. The fourth-order valence-electron chi connectivity index (χ4n) is 3.96. The predicted molar refractivity (Wildman–Crippen MR) is 141 cm³/mol. The van der Waals surface area contributed by atoms with E-state index in [4.69, 9.17) is 14.9 Å². The third-order valence-electron chi connectivity index (χ3n) is 5.99. The number of carboxylic acid groups (broad SMARTS) is 1. The summed E-state index contributed by atoms with van der Waals surface area (Å²) in [5.41, 5.74) is 8.21. The molecule has 0 aliphatic heterocycles. The molecule has 0 fully saturated rings. The second-order valence-electron chi connectivity index (χ2n) is 8.72. The summed E-state index contributed by atoms with van der Waals surface area (Å²) in [7, 11) is 2.09. The van der Waals surface area contributed by atoms with E-state index >= 15 is 0 Å². The number of hydrogen-bond acceptors (Lipinski definition) is 3. The quantitative estimate of drug-likeness (QED) is 0.223. The molecule has 2 heterocycles. The molecule has 3 N–H and O–H groups in total. The molecule has 0 unspecified atom stereocenters. The van der Waals surface area contributed by atoms with Gasteiger partial charge < -0.3 is 20.0 Å². The molecule has 38 heavy (non-hydrogen) atoms. The zero-order valence-electron chi connectivity index (χ0n) is 20.7. The fraction of sp³-hybridized carbons (Fsp3) is 0.172. The minimum absolute atomic E-state index is 0.879. The van der Waals surface area contributed by atoms with Crippen molar-refractivity contribution in [3.05, 3.63) is 102 Å². The Kier molecular flexibility index (Phi) is 8.28. The highest BCUT2D eigenvalue weighted by molar-refractivity contribution is 5.80. The van der Waals surface area contributed by atoms with Gasteiger partial charge in [0.05, 0.1) is 11.0 Å². The lowest BCUT2D eigenvalue weighted by molar-refractivity contribution is -0.192. The Morgan fingerprint density at radius 1 is 0.947 bits per heavy atom. The SMILES string of the molecule is Cn1cccc1CCNCc1ccc(-c2cccc(-c3nc4ccccc4[nH]3)c2)cc1.O=C(O)C(F)(F)F. The lowest BCUT2D eigenvalue weighted by Crippen LogP contribution is -2.21. The molecule has 0 aliphatic carbocycles. The van der Waals surface area contributed by atoms with Gasteiger partial charge in [-0.25, -0.2) is 9.78 Å². The Morgan fingerprint density at radius 2 is 1.66 bits per heavy atom. The van der Waals surface area contributed by atoms with Gasteiger partial charge >= 0.3 is 12.1 Å². The highest BCUT2D eigenvalue weighted by Gasteiger charge is 2.38. The van der Waals surface area contributed by atoms with Gasteiger partial charge in [-0.3, -0.25) is 0 Å². The summed E-state index contributed by atoms with van der Waals surface area (Å²) in [6.45, 7) is 1.85. The van der Waals surface area contributed by atoms with Crippen LogP contribution in [0.2, 0.25) is 0 Å². The van der Waals surface area contributed by atoms with Gasteiger partial charge in [0.1, 0.15) is 5.82 Å². The molecule has 6 nitrogen and oxygen atoms in total. The predicted octanol–water partition coefficient (Wildman–Crippen LogP) is 6.20. The monoisotopic (exact) mass is 520 g/mol. The molecule has 2 aromatic heterocycles. The van der Waals surface area contributed by atoms with Crippen LogP contribution >= 0.6 is 0 Å². The van der Waals surface area contributed by atoms with Crippen LogP contribution in [-0.4, -0.2) is 38.3 Å². The number of aliphatic carboxylic acids is 1. The van der Waals surface area contributed by atoms with Gasteiger partial charge in [-0.15, -0.1) is 0 Å². The fourth-order valence-corrected chi connectivity index (χ4v) is 3.96. The second kappa shape index (κ2) is 11.8. The van der Waals surface area contributed by atoms with Crippen molar-refractivity contribution in [2.45, 2.75) is 19.1 Å². The average molecular weight is 521 g/mol. The Balaban J connectivity index is 0.000000426. The molecule has 0 atom stereocenters. The van der Waals surface area contributed by atoms with E-state index in [-0.39, 0.29) is 0 Å². The maximum atomic E-state index is 10.6. The lowest BCUT2D eigenvalue weighted by Gasteiger charge is -2.08. The number of carbonyl (C=O) groups is 1. The molecule has 0 aliphatic rings. The van der Waals surface area contributed by atoms with Gasteiger partial charge in [-0.05, 0) is 47.0 Å². The number of fused-ring (bicyclic) bond motifs is 1. The van der Waals surface area contributed by atoms with Gasteiger partial charge in [0.15, 0.2) is 0 Å². The topological polar surface area (TPSA) is 82.9 Å². The van der Waals surface area contributed by atoms with Crippen molar-refractivity contribution < 1.29 is 23.1 Å². The summed E-state index contributed by atoms with van der Waals surface area (Å²) >= 11 is 0. The number of aryl methyl sites for hydroxylation is 1. The van der Waals surface area contributed by atoms with Gasteiger partial charge in [0.25, 0.3) is 0 Å². The largest absolute Gasteiger partial charge is 0.490 e. The number of imidazole rings is 1. The van der Waals surface area contributed by atoms with E-state index in [0.29, 0.717) is 0 Å². The highest BCUT2D eigenvalue weighted by atomic mass is 19.4. The number of alkyl halides is 3. The van der Waals surface area contributed by atoms with Crippen LogP contribution in [0.25, 0.3) is 33.5 Å². The van der Waals surface area contributed by atoms with Crippen LogP contribution in [0.5, 0.6) is 0 Å². The van der Waals surface area contributed by atoms with E-state index < -0.39 is 12.1 Å². The first kappa shape index (κ1) is 26.7. The third kappa shape index (κ3) is 6.89. The van der Waals surface area contributed by atoms with E-state index in [9.17, 15) is 13.2 Å². The van der Waals surface area contributed by atoms with Crippen molar-refractivity contribution in [2.75, 3.05) is 6.54 Å². The van der Waals surface area contributed by atoms with E-state index in [1.54, 1.807) is 0 Å². The standard InChI is InChI=1S/C27H26N4.C2HF3O2/c1-31-17-5-8-24(31)15-16-28-19-20-11-13-21(14-12-20)22-6-4-7-23(18-22)27-29-25-9-2-3-10-26(25)30-27;3-2(4,5)1(6)7/h2-14,17-18,28H,15-16,19H2,1H3,(H,29,30);(H,6,7). The molecular formula is C29H27F3N4O2. The number of aromatic nitrogens is 3. The van der Waals surface area contributed by atoms with E-state index in [0.717, 1.165) is 41.9 Å². The Morgan fingerprint density at radius 3 is 2.32 bits per heavy atom. The van der Waals surface area contributed by atoms with Gasteiger partial charge in [0.2, 0.25) is 0 Å². The lowest BCUT2D eigenvalue weighted by atomic mass is 10.0. The second-order valence-corrected chi connectivity index (χ2v) is 8.72. The molecule has 0 spiro atoms. The minimum atomic E-state index is -5.08. The molecule has 5 rings (SSSR count). The van der Waals surface area contributed by atoms with Crippen molar-refractivity contribution in [1.29, 1.82) is 0 Å². The molecule has 196 valence electrons. The number of aromatic amines is 1. The van der Waals surface area contributed by atoms with Gasteiger partial charge in [-0.1, -0.05) is 54.6 Å². The van der Waals surface area contributed by atoms with Crippen molar-refractivity contribution in [3.63, 3.8) is 0 Å². The minimum Gasteiger partial charge on any atom is -0.475 e. The van der Waals surface area contributed by atoms with Crippen molar-refractivity contribution in [3.8, 4) is 22.5 Å². The summed E-state index contributed by atoms with van der Waals surface area (Å²) in [6.07, 6.45) is -1.95. The molecule has 9 heteroatoms. The molecular weight excluding hydrogens is 493 g/mol. The van der Waals surface area contributed by atoms with E-state index in [1.165, 1.54) is 22.4 Å². The summed E-state index contributed by atoms with van der Waals surface area (Å²) in [5.74, 6) is -1.85. The molecule has 0 saturated carbocycles. The van der Waals surface area contributed by atoms with Crippen LogP contribution in [0, 0.1) is 0 Å². The van der Waals surface area contributed by atoms with Crippen molar-refractivity contribution in [2.24, 2.45) is 7.05 Å². The van der Waals surface area contributed by atoms with Crippen LogP contribution in [0.3, 0.4) is 0 Å². The Bertz CT molecular complexity index is 1470. The van der Waals surface area contributed by atoms with Crippen LogP contribution in [0.4, 0.5) is 13.2 Å². The summed E-state index contributed by atoms with van der Waals surface area (Å²) in [4.78, 5) is 17.0. The maximum absolute atomic E-state index is 10.6. The van der Waals surface area contributed by atoms with Crippen LogP contribution in [-0.2, 0) is 24.8 Å². The Labute approximate surface area is 217 Å².